The Balaban J connectivity index is 2.27. The summed E-state index contributed by atoms with van der Waals surface area (Å²) in [7, 11) is 0. The molecular weight excluding hydrogens is 344 g/mol. The van der Waals surface area contributed by atoms with Crippen LogP contribution < -0.4 is 0 Å². The van der Waals surface area contributed by atoms with Crippen molar-refractivity contribution >= 4 is 29.7 Å². The Hall–Kier alpha value is -2.80. The van der Waals surface area contributed by atoms with Crippen LogP contribution >= 0.6 is 11.8 Å². The van der Waals surface area contributed by atoms with Gasteiger partial charge in [-0.05, 0) is 55.0 Å². The molecule has 0 unspecified atom stereocenters. The lowest BCUT2D eigenvalue weighted by atomic mass is 10.0. The Labute approximate surface area is 148 Å². The van der Waals surface area contributed by atoms with Crippen LogP contribution in [-0.2, 0) is 16.0 Å². The van der Waals surface area contributed by atoms with Gasteiger partial charge in [-0.15, -0.1) is 0 Å². The summed E-state index contributed by atoms with van der Waals surface area (Å²) >= 11 is 1.35. The zero-order valence-electron chi connectivity index (χ0n) is 13.4. The van der Waals surface area contributed by atoms with E-state index in [9.17, 15) is 14.4 Å². The molecule has 0 fully saturated rings. The van der Waals surface area contributed by atoms with Crippen LogP contribution in [-0.4, -0.2) is 34.7 Å². The second kappa shape index (κ2) is 8.34. The topological polar surface area (TPSA) is 101 Å². The van der Waals surface area contributed by atoms with Crippen LogP contribution in [0.3, 0.4) is 0 Å². The third-order valence-corrected chi connectivity index (χ3v) is 4.25. The van der Waals surface area contributed by atoms with E-state index in [1.807, 2.05) is 0 Å². The van der Waals surface area contributed by atoms with Crippen LogP contribution in [0.2, 0.25) is 0 Å². The van der Waals surface area contributed by atoms with Gasteiger partial charge in [-0.25, -0.2) is 9.59 Å². The SMILES string of the molecule is CCOC(=O)c1ccc(Sc2ccc(C(=O)O)cc2)cc1CC(=O)O. The molecule has 0 amide bonds. The van der Waals surface area contributed by atoms with Crippen LogP contribution in [0.15, 0.2) is 52.3 Å². The van der Waals surface area contributed by atoms with E-state index in [1.54, 1.807) is 37.3 Å². The summed E-state index contributed by atoms with van der Waals surface area (Å²) < 4.78 is 4.95. The van der Waals surface area contributed by atoms with Gasteiger partial charge in [0.05, 0.1) is 24.2 Å². The van der Waals surface area contributed by atoms with Gasteiger partial charge in [0, 0.05) is 9.79 Å². The van der Waals surface area contributed by atoms with Crippen LogP contribution in [0.4, 0.5) is 0 Å². The maximum absolute atomic E-state index is 11.9. The minimum Gasteiger partial charge on any atom is -0.481 e. The number of aromatic carboxylic acids is 1. The number of aliphatic carboxylic acids is 1. The molecule has 0 aromatic heterocycles. The summed E-state index contributed by atoms with van der Waals surface area (Å²) in [5.74, 6) is -2.60. The highest BCUT2D eigenvalue weighted by molar-refractivity contribution is 7.99. The van der Waals surface area contributed by atoms with Crippen LogP contribution in [0.5, 0.6) is 0 Å². The molecule has 0 atom stereocenters. The van der Waals surface area contributed by atoms with E-state index in [0.29, 0.717) is 5.56 Å². The number of esters is 1. The molecule has 2 rings (SSSR count). The van der Waals surface area contributed by atoms with Gasteiger partial charge in [-0.1, -0.05) is 11.8 Å². The Kier molecular flexibility index (Phi) is 6.19. The van der Waals surface area contributed by atoms with Crippen molar-refractivity contribution in [1.29, 1.82) is 0 Å². The molecule has 0 saturated heterocycles. The maximum atomic E-state index is 11.9. The molecule has 2 aromatic carbocycles. The minimum absolute atomic E-state index is 0.188. The third-order valence-electron chi connectivity index (χ3n) is 3.25. The molecule has 7 heteroatoms. The Bertz CT molecular complexity index is 798. The molecule has 6 nitrogen and oxygen atoms in total. The molecule has 0 aliphatic carbocycles. The number of carboxylic acid groups (broad SMARTS) is 2. The van der Waals surface area contributed by atoms with E-state index in [4.69, 9.17) is 14.9 Å². The van der Waals surface area contributed by atoms with E-state index in [0.717, 1.165) is 9.79 Å². The predicted molar refractivity (Wildman–Crippen MR) is 91.3 cm³/mol. The van der Waals surface area contributed by atoms with E-state index in [-0.39, 0.29) is 24.2 Å². The standard InChI is InChI=1S/C18H16O6S/c1-2-24-18(23)15-8-7-14(9-12(15)10-16(19)20)25-13-5-3-11(4-6-13)17(21)22/h3-9H,2,10H2,1H3,(H,19,20)(H,21,22). The minimum atomic E-state index is -1.04. The predicted octanol–water partition coefficient (Wildman–Crippen LogP) is 3.34. The van der Waals surface area contributed by atoms with Gasteiger partial charge in [0.15, 0.2) is 0 Å². The molecule has 2 N–H and O–H groups in total. The molecule has 0 radical (unpaired) electrons. The number of ether oxygens (including phenoxy) is 1. The van der Waals surface area contributed by atoms with E-state index < -0.39 is 17.9 Å². The summed E-state index contributed by atoms with van der Waals surface area (Å²) in [6.07, 6.45) is -0.291. The number of hydrogen-bond donors (Lipinski definition) is 2. The van der Waals surface area contributed by atoms with Gasteiger partial charge >= 0.3 is 17.9 Å². The first-order valence-electron chi connectivity index (χ1n) is 7.43. The molecule has 0 saturated carbocycles. The summed E-state index contributed by atoms with van der Waals surface area (Å²) in [6, 6.07) is 11.2. The molecule has 130 valence electrons. The third kappa shape index (κ3) is 5.09. The van der Waals surface area contributed by atoms with Gasteiger partial charge < -0.3 is 14.9 Å². The number of carboxylic acids is 2. The monoisotopic (exact) mass is 360 g/mol. The van der Waals surface area contributed by atoms with E-state index >= 15 is 0 Å². The molecule has 2 aromatic rings. The zero-order chi connectivity index (χ0) is 18.4. The highest BCUT2D eigenvalue weighted by Crippen LogP contribution is 2.30. The second-order valence-electron chi connectivity index (χ2n) is 5.04. The first-order chi connectivity index (χ1) is 11.9. The molecule has 25 heavy (non-hydrogen) atoms. The first kappa shape index (κ1) is 18.5. The van der Waals surface area contributed by atoms with Crippen molar-refractivity contribution < 1.29 is 29.3 Å². The number of rotatable bonds is 7. The summed E-state index contributed by atoms with van der Waals surface area (Å²) in [5.41, 5.74) is 0.793. The smallest absolute Gasteiger partial charge is 0.338 e. The highest BCUT2D eigenvalue weighted by Gasteiger charge is 2.16. The average molecular weight is 360 g/mol. The number of hydrogen-bond acceptors (Lipinski definition) is 5. The number of benzene rings is 2. The maximum Gasteiger partial charge on any atom is 0.338 e. The second-order valence-corrected chi connectivity index (χ2v) is 6.19. The van der Waals surface area contributed by atoms with Crippen LogP contribution in [0.1, 0.15) is 33.2 Å². The van der Waals surface area contributed by atoms with Crippen molar-refractivity contribution in [2.75, 3.05) is 6.61 Å². The van der Waals surface area contributed by atoms with Gasteiger partial charge in [0.1, 0.15) is 0 Å². The normalized spacial score (nSPS) is 10.3. The summed E-state index contributed by atoms with van der Waals surface area (Å²) in [6.45, 7) is 1.89. The van der Waals surface area contributed by atoms with Crippen LogP contribution in [0.25, 0.3) is 0 Å². The first-order valence-corrected chi connectivity index (χ1v) is 8.25. The number of carbonyl (C=O) groups excluding carboxylic acids is 1. The molecule has 0 heterocycles. The zero-order valence-corrected chi connectivity index (χ0v) is 14.2. The van der Waals surface area contributed by atoms with Crippen molar-refractivity contribution in [3.63, 3.8) is 0 Å². The molecule has 0 spiro atoms. The lowest BCUT2D eigenvalue weighted by Gasteiger charge is -2.10. The molecular formula is C18H16O6S. The largest absolute Gasteiger partial charge is 0.481 e. The molecule has 0 aliphatic rings. The quantitative estimate of drug-likeness (QED) is 0.730. The van der Waals surface area contributed by atoms with Gasteiger partial charge in [-0.2, -0.15) is 0 Å². The van der Waals surface area contributed by atoms with Gasteiger partial charge in [-0.3, -0.25) is 4.79 Å². The summed E-state index contributed by atoms with van der Waals surface area (Å²) in [4.78, 5) is 35.4. The van der Waals surface area contributed by atoms with Gasteiger partial charge in [0.25, 0.3) is 0 Å². The Morgan fingerprint density at radius 1 is 1.00 bits per heavy atom. The fraction of sp³-hybridized carbons (Fsp3) is 0.167. The van der Waals surface area contributed by atoms with Crippen molar-refractivity contribution in [3.8, 4) is 0 Å². The van der Waals surface area contributed by atoms with Crippen molar-refractivity contribution in [3.05, 3.63) is 59.2 Å². The number of carbonyl (C=O) groups is 3. The summed E-state index contributed by atoms with van der Waals surface area (Å²) in [5, 5.41) is 18.0. The van der Waals surface area contributed by atoms with Crippen LogP contribution in [0, 0.1) is 0 Å². The van der Waals surface area contributed by atoms with Gasteiger partial charge in [0.2, 0.25) is 0 Å². The van der Waals surface area contributed by atoms with E-state index in [1.165, 1.54) is 23.9 Å². The Morgan fingerprint density at radius 2 is 1.64 bits per heavy atom. The Morgan fingerprint density at radius 3 is 2.20 bits per heavy atom. The van der Waals surface area contributed by atoms with Crippen molar-refractivity contribution in [2.45, 2.75) is 23.1 Å². The highest BCUT2D eigenvalue weighted by atomic mass is 32.2. The van der Waals surface area contributed by atoms with E-state index in [2.05, 4.69) is 0 Å². The average Bonchev–Trinajstić information content (AvgIpc) is 2.55. The molecule has 0 aliphatic heterocycles. The lowest BCUT2D eigenvalue weighted by Crippen LogP contribution is -2.11. The molecule has 0 bridgehead atoms. The lowest BCUT2D eigenvalue weighted by molar-refractivity contribution is -0.136. The fourth-order valence-electron chi connectivity index (χ4n) is 2.15. The fourth-order valence-corrected chi connectivity index (χ4v) is 3.03. The van der Waals surface area contributed by atoms with Crippen molar-refractivity contribution in [2.24, 2.45) is 0 Å². The van der Waals surface area contributed by atoms with Crippen molar-refractivity contribution in [1.82, 2.24) is 0 Å².